The van der Waals surface area contributed by atoms with Gasteiger partial charge in [-0.2, -0.15) is 0 Å². The van der Waals surface area contributed by atoms with E-state index >= 15 is 0 Å². The molecule has 1 N–H and O–H groups in total. The molecular weight excluding hydrogens is 303 g/mol. The van der Waals surface area contributed by atoms with E-state index in [1.165, 1.54) is 5.57 Å². The van der Waals surface area contributed by atoms with Gasteiger partial charge in [-0.3, -0.25) is 0 Å². The van der Waals surface area contributed by atoms with Crippen LogP contribution in [0.15, 0.2) is 21.3 Å². The fourth-order valence-electron chi connectivity index (χ4n) is 3.80. The van der Waals surface area contributed by atoms with Gasteiger partial charge in [0.1, 0.15) is 6.17 Å². The number of nitrogens with zero attached hydrogens (tertiary/aromatic N) is 3. The largest absolute Gasteiger partial charge is 0.347 e. The van der Waals surface area contributed by atoms with Crippen LogP contribution in [-0.4, -0.2) is 49.9 Å². The topological polar surface area (TPSA) is 40.0 Å². The van der Waals surface area contributed by atoms with Crippen molar-refractivity contribution < 1.29 is 4.39 Å². The zero-order valence-electron chi connectivity index (χ0n) is 16.1. The highest BCUT2D eigenvalue weighted by Crippen LogP contribution is 2.31. The third-order valence-electron chi connectivity index (χ3n) is 5.13. The quantitative estimate of drug-likeness (QED) is 0.797. The predicted octanol–water partition coefficient (Wildman–Crippen LogP) is 3.80. The van der Waals surface area contributed by atoms with Crippen molar-refractivity contribution in [2.75, 3.05) is 21.1 Å². The number of guanidine groups is 1. The van der Waals surface area contributed by atoms with E-state index in [1.807, 2.05) is 26.0 Å². The summed E-state index contributed by atoms with van der Waals surface area (Å²) >= 11 is 0. The Morgan fingerprint density at radius 1 is 1.12 bits per heavy atom. The van der Waals surface area contributed by atoms with Crippen LogP contribution in [0.2, 0.25) is 0 Å². The number of hydrogen-bond acceptors (Lipinski definition) is 4. The first kappa shape index (κ1) is 19.1. The molecule has 2 aliphatic rings. The maximum absolute atomic E-state index is 13.8. The van der Waals surface area contributed by atoms with Crippen LogP contribution in [-0.2, 0) is 0 Å². The summed E-state index contributed by atoms with van der Waals surface area (Å²) in [5, 5.41) is 3.44. The van der Waals surface area contributed by atoms with Gasteiger partial charge in [-0.1, -0.05) is 13.8 Å². The van der Waals surface area contributed by atoms with Crippen molar-refractivity contribution in [2.24, 2.45) is 21.8 Å². The Bertz CT molecular complexity index is 533. The smallest absolute Gasteiger partial charge is 0.225 e. The first-order valence-electron chi connectivity index (χ1n) is 9.21. The van der Waals surface area contributed by atoms with Gasteiger partial charge in [0.05, 0.1) is 6.04 Å². The molecule has 0 spiro atoms. The SMILES string of the molecule is CNC1C(C2CCCC(F)CC2)=NC(N(C)C)=NC(C(C)C)=C1C. The number of nitrogens with one attached hydrogen (secondary N) is 1. The number of likely N-dealkylation sites (N-methyl/N-ethyl adjacent to an activating group) is 1. The molecule has 0 aromatic carbocycles. The monoisotopic (exact) mass is 336 g/mol. The first-order chi connectivity index (χ1) is 11.3. The molecule has 136 valence electrons. The lowest BCUT2D eigenvalue weighted by Gasteiger charge is -2.26. The molecule has 3 unspecified atom stereocenters. The van der Waals surface area contributed by atoms with Crippen LogP contribution in [0.5, 0.6) is 0 Å². The Kier molecular flexibility index (Phi) is 6.55. The lowest BCUT2D eigenvalue weighted by atomic mass is 9.86. The molecule has 2 rings (SSSR count). The summed E-state index contributed by atoms with van der Waals surface area (Å²) in [7, 11) is 5.95. The zero-order valence-corrected chi connectivity index (χ0v) is 16.1. The fraction of sp³-hybridized carbons (Fsp3) is 0.789. The second-order valence-electron chi connectivity index (χ2n) is 7.59. The number of aliphatic imine (C=N–C) groups is 2. The highest BCUT2D eigenvalue weighted by atomic mass is 19.1. The van der Waals surface area contributed by atoms with Crippen molar-refractivity contribution >= 4 is 11.7 Å². The van der Waals surface area contributed by atoms with Gasteiger partial charge < -0.3 is 10.2 Å². The second-order valence-corrected chi connectivity index (χ2v) is 7.59. The molecule has 4 nitrogen and oxygen atoms in total. The number of allylic oxidation sites excluding steroid dienone is 1. The van der Waals surface area contributed by atoms with Crippen molar-refractivity contribution in [2.45, 2.75) is 65.1 Å². The predicted molar refractivity (Wildman–Crippen MR) is 100 cm³/mol. The van der Waals surface area contributed by atoms with Gasteiger partial charge in [0.2, 0.25) is 5.96 Å². The fourth-order valence-corrected chi connectivity index (χ4v) is 3.80. The van der Waals surface area contributed by atoms with E-state index in [-0.39, 0.29) is 6.04 Å². The average Bonchev–Trinajstić information content (AvgIpc) is 2.81. The van der Waals surface area contributed by atoms with Gasteiger partial charge in [-0.05, 0) is 63.5 Å². The molecule has 1 heterocycles. The third kappa shape index (κ3) is 4.24. The summed E-state index contributed by atoms with van der Waals surface area (Å²) in [6.07, 6.45) is 3.52. The van der Waals surface area contributed by atoms with Crippen LogP contribution in [0, 0.1) is 11.8 Å². The summed E-state index contributed by atoms with van der Waals surface area (Å²) in [6.45, 7) is 6.50. The number of hydrogen-bond donors (Lipinski definition) is 1. The van der Waals surface area contributed by atoms with Gasteiger partial charge in [0.15, 0.2) is 0 Å². The molecule has 1 aliphatic carbocycles. The van der Waals surface area contributed by atoms with Crippen LogP contribution in [0.4, 0.5) is 4.39 Å². The van der Waals surface area contributed by atoms with E-state index in [1.54, 1.807) is 0 Å². The summed E-state index contributed by atoms with van der Waals surface area (Å²) in [4.78, 5) is 11.8. The van der Waals surface area contributed by atoms with Crippen molar-refractivity contribution in [3.05, 3.63) is 11.3 Å². The van der Waals surface area contributed by atoms with E-state index in [9.17, 15) is 4.39 Å². The Morgan fingerprint density at radius 3 is 2.42 bits per heavy atom. The summed E-state index contributed by atoms with van der Waals surface area (Å²) in [6, 6.07) is 0.0877. The van der Waals surface area contributed by atoms with Gasteiger partial charge >= 0.3 is 0 Å². The molecule has 24 heavy (non-hydrogen) atoms. The van der Waals surface area contributed by atoms with Crippen LogP contribution in [0.25, 0.3) is 0 Å². The first-order valence-corrected chi connectivity index (χ1v) is 9.21. The van der Waals surface area contributed by atoms with Gasteiger partial charge in [-0.15, -0.1) is 0 Å². The van der Waals surface area contributed by atoms with E-state index in [2.05, 4.69) is 26.1 Å². The van der Waals surface area contributed by atoms with Crippen molar-refractivity contribution in [1.82, 2.24) is 10.2 Å². The van der Waals surface area contributed by atoms with Gasteiger partial charge in [0, 0.05) is 25.5 Å². The Labute approximate surface area is 146 Å². The molecule has 0 aromatic rings. The number of rotatable bonds is 3. The standard InChI is InChI=1S/C19H33FN4/c1-12(2)16-13(3)17(21-4)18(23-19(22-16)24(5)6)14-8-7-9-15(20)11-10-14/h12,14-15,17,21H,7-11H2,1-6H3. The highest BCUT2D eigenvalue weighted by molar-refractivity contribution is 6.03. The maximum Gasteiger partial charge on any atom is 0.225 e. The van der Waals surface area contributed by atoms with Crippen molar-refractivity contribution in [3.63, 3.8) is 0 Å². The Morgan fingerprint density at radius 2 is 1.83 bits per heavy atom. The molecule has 0 radical (unpaired) electrons. The molecule has 1 aliphatic heterocycles. The molecule has 0 bridgehead atoms. The van der Waals surface area contributed by atoms with Gasteiger partial charge in [-0.25, -0.2) is 14.4 Å². The summed E-state index contributed by atoms with van der Waals surface area (Å²) in [5.41, 5.74) is 3.48. The van der Waals surface area contributed by atoms with E-state index in [0.717, 1.165) is 36.6 Å². The minimum Gasteiger partial charge on any atom is -0.347 e. The average molecular weight is 336 g/mol. The Balaban J connectivity index is 2.46. The van der Waals surface area contributed by atoms with Crippen molar-refractivity contribution in [1.29, 1.82) is 0 Å². The van der Waals surface area contributed by atoms with Crippen LogP contribution in [0.1, 0.15) is 52.9 Å². The number of halogens is 1. The van der Waals surface area contributed by atoms with Gasteiger partial charge in [0.25, 0.3) is 0 Å². The van der Waals surface area contributed by atoms with Crippen molar-refractivity contribution in [3.8, 4) is 0 Å². The lowest BCUT2D eigenvalue weighted by molar-refractivity contribution is 0.299. The van der Waals surface area contributed by atoms with Crippen LogP contribution >= 0.6 is 0 Å². The minimum atomic E-state index is -0.653. The zero-order chi connectivity index (χ0) is 17.9. The summed E-state index contributed by atoms with van der Waals surface area (Å²) < 4.78 is 13.8. The molecule has 1 fully saturated rings. The minimum absolute atomic E-state index is 0.0877. The molecule has 0 aromatic heterocycles. The molecule has 1 saturated carbocycles. The summed E-state index contributed by atoms with van der Waals surface area (Å²) in [5.74, 6) is 1.43. The molecule has 5 heteroatoms. The number of alkyl halides is 1. The normalized spacial score (nSPS) is 29.1. The molecule has 0 amide bonds. The van der Waals surface area contributed by atoms with Crippen LogP contribution < -0.4 is 5.32 Å². The third-order valence-corrected chi connectivity index (χ3v) is 5.13. The van der Waals surface area contributed by atoms with E-state index in [0.29, 0.717) is 24.7 Å². The maximum atomic E-state index is 13.8. The molecule has 0 saturated heterocycles. The van der Waals surface area contributed by atoms with E-state index < -0.39 is 6.17 Å². The van der Waals surface area contributed by atoms with Crippen LogP contribution in [0.3, 0.4) is 0 Å². The Hall–Kier alpha value is -1.23. The lowest BCUT2D eigenvalue weighted by Crippen LogP contribution is -2.40. The molecular formula is C19H33FN4. The second kappa shape index (κ2) is 8.24. The van der Waals surface area contributed by atoms with E-state index in [4.69, 9.17) is 9.98 Å². The molecule has 3 atom stereocenters. The highest BCUT2D eigenvalue weighted by Gasteiger charge is 2.31.